The van der Waals surface area contributed by atoms with Crippen LogP contribution in [-0.2, 0) is 24.5 Å². The number of halogens is 1. The highest BCUT2D eigenvalue weighted by molar-refractivity contribution is 6.30. The number of hydrogen-bond donors (Lipinski definition) is 1. The first-order chi connectivity index (χ1) is 14.9. The van der Waals surface area contributed by atoms with E-state index >= 15 is 0 Å². The second-order valence-corrected chi connectivity index (χ2v) is 8.69. The molecule has 1 atom stereocenters. The van der Waals surface area contributed by atoms with Crippen molar-refractivity contribution in [2.75, 3.05) is 16.8 Å². The molecule has 4 rings (SSSR count). The van der Waals surface area contributed by atoms with Gasteiger partial charge in [-0.1, -0.05) is 48.7 Å². The molecule has 1 unspecified atom stereocenters. The number of nitrogens with zero attached hydrogens (tertiary/aromatic N) is 1. The highest BCUT2D eigenvalue weighted by Crippen LogP contribution is 2.42. The van der Waals surface area contributed by atoms with E-state index in [1.54, 1.807) is 35.2 Å². The van der Waals surface area contributed by atoms with Crippen LogP contribution in [0.15, 0.2) is 48.5 Å². The molecule has 0 bridgehead atoms. The third-order valence-corrected chi connectivity index (χ3v) is 6.45. The zero-order valence-electron chi connectivity index (χ0n) is 17.4. The number of hydrogen-bond acceptors (Lipinski definition) is 4. The molecule has 1 saturated carbocycles. The number of anilines is 2. The average Bonchev–Trinajstić information content (AvgIpc) is 3.20. The van der Waals surface area contributed by atoms with E-state index in [0.29, 0.717) is 29.2 Å². The Morgan fingerprint density at radius 1 is 1.13 bits per heavy atom. The summed E-state index contributed by atoms with van der Waals surface area (Å²) < 4.78 is 5.59. The van der Waals surface area contributed by atoms with Gasteiger partial charge in [0.15, 0.2) is 6.61 Å². The summed E-state index contributed by atoms with van der Waals surface area (Å²) in [5.74, 6) is -0.889. The predicted molar refractivity (Wildman–Crippen MR) is 119 cm³/mol. The number of amides is 2. The summed E-state index contributed by atoms with van der Waals surface area (Å²) in [7, 11) is 0. The fourth-order valence-corrected chi connectivity index (χ4v) is 4.79. The van der Waals surface area contributed by atoms with Gasteiger partial charge in [-0.15, -0.1) is 0 Å². The van der Waals surface area contributed by atoms with Crippen molar-refractivity contribution in [3.8, 4) is 0 Å². The van der Waals surface area contributed by atoms with Crippen molar-refractivity contribution in [2.45, 2.75) is 50.5 Å². The van der Waals surface area contributed by atoms with Gasteiger partial charge in [-0.3, -0.25) is 14.4 Å². The molecule has 1 aliphatic carbocycles. The van der Waals surface area contributed by atoms with Crippen molar-refractivity contribution in [2.24, 2.45) is 0 Å². The van der Waals surface area contributed by atoms with Gasteiger partial charge >= 0.3 is 5.97 Å². The molecular formula is C24H25ClN2O4. The van der Waals surface area contributed by atoms with Gasteiger partial charge in [-0.2, -0.15) is 0 Å². The SMILES string of the molecule is CC1CC(=O)Nc2ccccc2N1C(=O)COC(=O)C1(c2ccc(Cl)cc2)CCCC1. The number of carbonyl (C=O) groups excluding carboxylic acids is 3. The number of rotatable bonds is 4. The van der Waals surface area contributed by atoms with E-state index in [0.717, 1.165) is 18.4 Å². The van der Waals surface area contributed by atoms with Crippen LogP contribution in [0.25, 0.3) is 0 Å². The Kier molecular flexibility index (Phi) is 6.01. The number of benzene rings is 2. The van der Waals surface area contributed by atoms with Crippen LogP contribution in [0.4, 0.5) is 11.4 Å². The largest absolute Gasteiger partial charge is 0.455 e. The maximum Gasteiger partial charge on any atom is 0.317 e. The van der Waals surface area contributed by atoms with Crippen molar-refractivity contribution < 1.29 is 19.1 Å². The van der Waals surface area contributed by atoms with Crippen LogP contribution in [0.3, 0.4) is 0 Å². The lowest BCUT2D eigenvalue weighted by Crippen LogP contribution is -2.43. The molecule has 0 saturated heterocycles. The summed E-state index contributed by atoms with van der Waals surface area (Å²) >= 11 is 6.02. The molecule has 162 valence electrons. The summed E-state index contributed by atoms with van der Waals surface area (Å²) in [5.41, 5.74) is 1.31. The predicted octanol–water partition coefficient (Wildman–Crippen LogP) is 4.46. The summed E-state index contributed by atoms with van der Waals surface area (Å²) in [6.07, 6.45) is 3.39. The third kappa shape index (κ3) is 4.17. The number of esters is 1. The van der Waals surface area contributed by atoms with Gasteiger partial charge in [0.25, 0.3) is 5.91 Å². The lowest BCUT2D eigenvalue weighted by atomic mass is 9.79. The molecule has 6 nitrogen and oxygen atoms in total. The zero-order valence-corrected chi connectivity index (χ0v) is 18.2. The van der Waals surface area contributed by atoms with Gasteiger partial charge in [0.2, 0.25) is 5.91 Å². The Balaban J connectivity index is 1.53. The summed E-state index contributed by atoms with van der Waals surface area (Å²) in [4.78, 5) is 40.0. The molecule has 2 amide bonds. The molecular weight excluding hydrogens is 416 g/mol. The molecule has 2 aliphatic rings. The van der Waals surface area contributed by atoms with E-state index in [1.165, 1.54) is 0 Å². The standard InChI is InChI=1S/C24H25ClN2O4/c1-16-14-21(28)26-19-6-2-3-7-20(19)27(16)22(29)15-31-23(30)24(12-4-5-13-24)17-8-10-18(25)11-9-17/h2-3,6-11,16H,4-5,12-15H2,1H3,(H,26,28). The first-order valence-corrected chi connectivity index (χ1v) is 10.9. The van der Waals surface area contributed by atoms with Crippen molar-refractivity contribution in [1.82, 2.24) is 0 Å². The van der Waals surface area contributed by atoms with Crippen LogP contribution in [-0.4, -0.2) is 30.4 Å². The highest BCUT2D eigenvalue weighted by atomic mass is 35.5. The number of para-hydroxylation sites is 2. The maximum atomic E-state index is 13.2. The van der Waals surface area contributed by atoms with Crippen molar-refractivity contribution >= 4 is 40.8 Å². The van der Waals surface area contributed by atoms with Crippen molar-refractivity contribution in [3.63, 3.8) is 0 Å². The minimum Gasteiger partial charge on any atom is -0.455 e. The van der Waals surface area contributed by atoms with Crippen LogP contribution < -0.4 is 10.2 Å². The molecule has 0 aromatic heterocycles. The number of nitrogens with one attached hydrogen (secondary N) is 1. The normalized spacial score (nSPS) is 19.9. The summed E-state index contributed by atoms with van der Waals surface area (Å²) in [6, 6.07) is 14.1. The Morgan fingerprint density at radius 2 is 1.81 bits per heavy atom. The van der Waals surface area contributed by atoms with Crippen LogP contribution in [0.2, 0.25) is 5.02 Å². The van der Waals surface area contributed by atoms with Gasteiger partial charge in [-0.05, 0) is 49.6 Å². The molecule has 1 heterocycles. The Hall–Kier alpha value is -2.86. The van der Waals surface area contributed by atoms with E-state index in [4.69, 9.17) is 16.3 Å². The van der Waals surface area contributed by atoms with Gasteiger partial charge < -0.3 is 15.0 Å². The van der Waals surface area contributed by atoms with Crippen LogP contribution in [0.1, 0.15) is 44.6 Å². The highest BCUT2D eigenvalue weighted by Gasteiger charge is 2.44. The van der Waals surface area contributed by atoms with Gasteiger partial charge in [0.1, 0.15) is 0 Å². The molecule has 1 aliphatic heterocycles. The Labute approximate surface area is 186 Å². The van der Waals surface area contributed by atoms with Crippen LogP contribution >= 0.6 is 11.6 Å². The number of fused-ring (bicyclic) bond motifs is 1. The monoisotopic (exact) mass is 440 g/mol. The number of carbonyl (C=O) groups is 3. The lowest BCUT2D eigenvalue weighted by molar-refractivity contribution is -0.154. The van der Waals surface area contributed by atoms with E-state index in [1.807, 2.05) is 25.1 Å². The van der Waals surface area contributed by atoms with E-state index in [2.05, 4.69) is 5.32 Å². The second kappa shape index (κ2) is 8.71. The molecule has 1 N–H and O–H groups in total. The Morgan fingerprint density at radius 3 is 2.52 bits per heavy atom. The quantitative estimate of drug-likeness (QED) is 0.712. The van der Waals surface area contributed by atoms with Gasteiger partial charge in [-0.25, -0.2) is 0 Å². The van der Waals surface area contributed by atoms with Gasteiger partial charge in [0, 0.05) is 17.5 Å². The molecule has 2 aromatic rings. The first-order valence-electron chi connectivity index (χ1n) is 10.5. The summed E-state index contributed by atoms with van der Waals surface area (Å²) in [6.45, 7) is 1.44. The average molecular weight is 441 g/mol. The van der Waals surface area contributed by atoms with Crippen molar-refractivity contribution in [3.05, 3.63) is 59.1 Å². The fourth-order valence-electron chi connectivity index (χ4n) is 4.66. The zero-order chi connectivity index (χ0) is 22.0. The van der Waals surface area contributed by atoms with E-state index < -0.39 is 5.41 Å². The second-order valence-electron chi connectivity index (χ2n) is 8.25. The molecule has 31 heavy (non-hydrogen) atoms. The molecule has 2 aromatic carbocycles. The van der Waals surface area contributed by atoms with E-state index in [9.17, 15) is 14.4 Å². The Bertz CT molecular complexity index is 999. The molecule has 0 radical (unpaired) electrons. The van der Waals surface area contributed by atoms with E-state index in [-0.39, 0.29) is 36.9 Å². The van der Waals surface area contributed by atoms with Crippen LogP contribution in [0.5, 0.6) is 0 Å². The maximum absolute atomic E-state index is 13.2. The fraction of sp³-hybridized carbons (Fsp3) is 0.375. The topological polar surface area (TPSA) is 75.7 Å². The minimum atomic E-state index is -0.745. The molecule has 0 spiro atoms. The first kappa shape index (κ1) is 21.4. The minimum absolute atomic E-state index is 0.153. The summed E-state index contributed by atoms with van der Waals surface area (Å²) in [5, 5.41) is 3.44. The van der Waals surface area contributed by atoms with Crippen LogP contribution in [0, 0.1) is 0 Å². The number of ether oxygens (including phenoxy) is 1. The molecule has 7 heteroatoms. The van der Waals surface area contributed by atoms with Crippen molar-refractivity contribution in [1.29, 1.82) is 0 Å². The third-order valence-electron chi connectivity index (χ3n) is 6.20. The smallest absolute Gasteiger partial charge is 0.317 e. The van der Waals surface area contributed by atoms with Gasteiger partial charge in [0.05, 0.1) is 16.8 Å². The lowest BCUT2D eigenvalue weighted by Gasteiger charge is -2.30. The molecule has 1 fully saturated rings.